The van der Waals surface area contributed by atoms with Crippen LogP contribution in [0.25, 0.3) is 11.1 Å². The summed E-state index contributed by atoms with van der Waals surface area (Å²) >= 11 is 0. The third-order valence-corrected chi connectivity index (χ3v) is 9.59. The van der Waals surface area contributed by atoms with Gasteiger partial charge in [-0.25, -0.2) is 9.78 Å². The van der Waals surface area contributed by atoms with E-state index in [1.807, 2.05) is 47.1 Å². The molecule has 2 fully saturated rings. The van der Waals surface area contributed by atoms with Crippen LogP contribution in [0.4, 0.5) is 10.6 Å². The van der Waals surface area contributed by atoms with Crippen molar-refractivity contribution in [3.8, 4) is 16.9 Å². The largest absolute Gasteiger partial charge is 0.495 e. The van der Waals surface area contributed by atoms with Crippen LogP contribution in [-0.2, 0) is 9.53 Å². The second kappa shape index (κ2) is 14.9. The molecule has 10 heteroatoms. The molecule has 2 saturated carbocycles. The Morgan fingerprint density at radius 3 is 2.40 bits per heavy atom. The minimum absolute atomic E-state index is 0.0711. The Bertz CT molecular complexity index is 1440. The summed E-state index contributed by atoms with van der Waals surface area (Å²) in [5.74, 6) is 2.69. The minimum Gasteiger partial charge on any atom is -0.495 e. The van der Waals surface area contributed by atoms with Crippen LogP contribution in [0.2, 0.25) is 0 Å². The highest BCUT2D eigenvalue weighted by atomic mass is 16.5. The van der Waals surface area contributed by atoms with Crippen molar-refractivity contribution in [2.24, 2.45) is 17.8 Å². The summed E-state index contributed by atoms with van der Waals surface area (Å²) in [4.78, 5) is 37.4. The molecular formula is C35H48N6O4. The highest BCUT2D eigenvalue weighted by molar-refractivity contribution is 5.94. The standard InChI is InChI=1S/C35H48N6O4/c1-23(2)41-21-30(19-38-41)29-16-17-37-33(18-29)40(34(42)28-12-8-26(9-13-28)22-45-35(43)36-4)20-25-6-10-27(11-7-25)31-14-15-32(44-5)24(3)39-31/h14-19,21,23,25-28H,6-13,20,22H2,1-5H3,(H,36,43). The van der Waals surface area contributed by atoms with Gasteiger partial charge in [0, 0.05) is 55.1 Å². The number of aromatic nitrogens is 4. The van der Waals surface area contributed by atoms with Crippen LogP contribution in [0, 0.1) is 24.7 Å². The molecular weight excluding hydrogens is 568 g/mol. The Hall–Kier alpha value is -3.95. The fourth-order valence-electron chi connectivity index (χ4n) is 6.78. The molecule has 0 spiro atoms. The first-order chi connectivity index (χ1) is 21.7. The third kappa shape index (κ3) is 8.02. The fraction of sp³-hybridized carbons (Fsp3) is 0.571. The van der Waals surface area contributed by atoms with Crippen LogP contribution in [0.1, 0.15) is 88.6 Å². The van der Waals surface area contributed by atoms with E-state index in [9.17, 15) is 9.59 Å². The number of hydrogen-bond donors (Lipinski definition) is 1. The van der Waals surface area contributed by atoms with E-state index < -0.39 is 6.09 Å². The molecule has 0 unspecified atom stereocenters. The predicted molar refractivity (Wildman–Crippen MR) is 174 cm³/mol. The number of pyridine rings is 2. The van der Waals surface area contributed by atoms with Gasteiger partial charge in [0.05, 0.1) is 25.6 Å². The van der Waals surface area contributed by atoms with Gasteiger partial charge in [-0.2, -0.15) is 5.10 Å². The molecule has 0 radical (unpaired) electrons. The van der Waals surface area contributed by atoms with Crippen molar-refractivity contribution >= 4 is 17.8 Å². The molecule has 45 heavy (non-hydrogen) atoms. The van der Waals surface area contributed by atoms with Gasteiger partial charge < -0.3 is 14.8 Å². The van der Waals surface area contributed by atoms with Gasteiger partial charge in [-0.05, 0) is 114 Å². The molecule has 3 heterocycles. The molecule has 0 saturated heterocycles. The van der Waals surface area contributed by atoms with Crippen molar-refractivity contribution in [3.05, 3.63) is 54.2 Å². The molecule has 0 bridgehead atoms. The zero-order valence-corrected chi connectivity index (χ0v) is 27.4. The van der Waals surface area contributed by atoms with E-state index in [-0.39, 0.29) is 23.8 Å². The number of amides is 2. The van der Waals surface area contributed by atoms with E-state index in [0.29, 0.717) is 30.8 Å². The highest BCUT2D eigenvalue weighted by Gasteiger charge is 2.34. The lowest BCUT2D eigenvalue weighted by Gasteiger charge is -2.35. The first kappa shape index (κ1) is 32.4. The number of alkyl carbamates (subject to hydrolysis) is 1. The lowest BCUT2D eigenvalue weighted by Crippen LogP contribution is -2.42. The van der Waals surface area contributed by atoms with E-state index in [4.69, 9.17) is 19.4 Å². The maximum absolute atomic E-state index is 14.3. The summed E-state index contributed by atoms with van der Waals surface area (Å²) in [5.41, 5.74) is 4.07. The molecule has 5 rings (SSSR count). The number of carbonyl (C=O) groups excluding carboxylic acids is 2. The molecule has 1 N–H and O–H groups in total. The third-order valence-electron chi connectivity index (χ3n) is 9.59. The second-order valence-electron chi connectivity index (χ2n) is 13.0. The number of anilines is 1. The van der Waals surface area contributed by atoms with Gasteiger partial charge in [-0.3, -0.25) is 19.4 Å². The van der Waals surface area contributed by atoms with Gasteiger partial charge in [0.25, 0.3) is 0 Å². The average Bonchev–Trinajstić information content (AvgIpc) is 3.57. The molecule has 0 aliphatic heterocycles. The number of aryl methyl sites for hydroxylation is 1. The summed E-state index contributed by atoms with van der Waals surface area (Å²) in [6.07, 6.45) is 12.8. The molecule has 3 aromatic rings. The average molecular weight is 617 g/mol. The zero-order chi connectivity index (χ0) is 31.9. The quantitative estimate of drug-likeness (QED) is 0.270. The summed E-state index contributed by atoms with van der Waals surface area (Å²) in [5, 5.41) is 7.03. The Labute approximate surface area is 266 Å². The number of carbonyl (C=O) groups is 2. The molecule has 3 aromatic heterocycles. The first-order valence-electron chi connectivity index (χ1n) is 16.4. The normalized spacial score (nSPS) is 21.7. The highest BCUT2D eigenvalue weighted by Crippen LogP contribution is 2.38. The molecule has 242 valence electrons. The molecule has 0 atom stereocenters. The Morgan fingerprint density at radius 1 is 1.02 bits per heavy atom. The SMILES string of the molecule is CNC(=O)OCC1CCC(C(=O)N(CC2CCC(c3ccc(OC)c(C)n3)CC2)c2cc(-c3cnn(C(C)C)c3)ccn2)CC1. The molecule has 2 amide bonds. The Kier molecular flexibility index (Phi) is 10.7. The number of nitrogens with one attached hydrogen (secondary N) is 1. The lowest BCUT2D eigenvalue weighted by molar-refractivity contribution is -0.124. The van der Waals surface area contributed by atoms with Crippen LogP contribution in [0.5, 0.6) is 5.75 Å². The van der Waals surface area contributed by atoms with Crippen LogP contribution < -0.4 is 15.0 Å². The molecule has 2 aliphatic carbocycles. The van der Waals surface area contributed by atoms with Gasteiger partial charge in [0.2, 0.25) is 5.91 Å². The van der Waals surface area contributed by atoms with E-state index >= 15 is 0 Å². The predicted octanol–water partition coefficient (Wildman–Crippen LogP) is 6.71. The van der Waals surface area contributed by atoms with Gasteiger partial charge >= 0.3 is 6.09 Å². The number of hydrogen-bond acceptors (Lipinski definition) is 7. The number of nitrogens with zero attached hydrogens (tertiary/aromatic N) is 5. The maximum Gasteiger partial charge on any atom is 0.406 e. The number of methoxy groups -OCH3 is 1. The molecule has 10 nitrogen and oxygen atoms in total. The van der Waals surface area contributed by atoms with Crippen LogP contribution >= 0.6 is 0 Å². The van der Waals surface area contributed by atoms with Gasteiger partial charge in [0.15, 0.2) is 0 Å². The van der Waals surface area contributed by atoms with Crippen molar-refractivity contribution < 1.29 is 19.1 Å². The number of rotatable bonds is 10. The van der Waals surface area contributed by atoms with Gasteiger partial charge in [-0.1, -0.05) is 0 Å². The van der Waals surface area contributed by atoms with Crippen LogP contribution in [0.3, 0.4) is 0 Å². The van der Waals surface area contributed by atoms with E-state index in [0.717, 1.165) is 79.6 Å². The van der Waals surface area contributed by atoms with Crippen LogP contribution in [0.15, 0.2) is 42.9 Å². The van der Waals surface area contributed by atoms with E-state index in [1.54, 1.807) is 20.4 Å². The van der Waals surface area contributed by atoms with Crippen LogP contribution in [-0.4, -0.2) is 59.1 Å². The molecule has 2 aliphatic rings. The smallest absolute Gasteiger partial charge is 0.406 e. The minimum atomic E-state index is -0.406. The van der Waals surface area contributed by atoms with E-state index in [1.165, 1.54) is 0 Å². The van der Waals surface area contributed by atoms with Crippen molar-refractivity contribution in [1.29, 1.82) is 0 Å². The Morgan fingerprint density at radius 2 is 1.76 bits per heavy atom. The maximum atomic E-state index is 14.3. The summed E-state index contributed by atoms with van der Waals surface area (Å²) in [6.45, 7) is 7.25. The lowest BCUT2D eigenvalue weighted by atomic mass is 9.79. The van der Waals surface area contributed by atoms with E-state index in [2.05, 4.69) is 30.3 Å². The molecule has 0 aromatic carbocycles. The van der Waals surface area contributed by atoms with Gasteiger partial charge in [-0.15, -0.1) is 0 Å². The summed E-state index contributed by atoms with van der Waals surface area (Å²) in [7, 11) is 3.24. The summed E-state index contributed by atoms with van der Waals surface area (Å²) < 4.78 is 12.7. The van der Waals surface area contributed by atoms with Crippen molar-refractivity contribution in [1.82, 2.24) is 25.1 Å². The van der Waals surface area contributed by atoms with Crippen molar-refractivity contribution in [2.75, 3.05) is 32.2 Å². The second-order valence-corrected chi connectivity index (χ2v) is 13.0. The number of ether oxygens (including phenoxy) is 2. The fourth-order valence-corrected chi connectivity index (χ4v) is 6.78. The van der Waals surface area contributed by atoms with Crippen molar-refractivity contribution in [2.45, 2.75) is 84.1 Å². The topological polar surface area (TPSA) is 111 Å². The summed E-state index contributed by atoms with van der Waals surface area (Å²) in [6, 6.07) is 8.41. The first-order valence-corrected chi connectivity index (χ1v) is 16.4. The van der Waals surface area contributed by atoms with Gasteiger partial charge in [0.1, 0.15) is 11.6 Å². The van der Waals surface area contributed by atoms with Crippen molar-refractivity contribution in [3.63, 3.8) is 0 Å². The Balaban J connectivity index is 1.30. The zero-order valence-electron chi connectivity index (χ0n) is 27.4. The monoisotopic (exact) mass is 616 g/mol.